The zero-order valence-corrected chi connectivity index (χ0v) is 39.7. The second kappa shape index (κ2) is 15.1. The first-order valence-corrected chi connectivity index (χ1v) is 25.4. The van der Waals surface area contributed by atoms with Crippen LogP contribution < -0.4 is 4.74 Å². The molecule has 0 bridgehead atoms. The lowest BCUT2D eigenvalue weighted by Crippen LogP contribution is -2.32. The highest BCUT2D eigenvalue weighted by Gasteiger charge is 2.53. The quantitative estimate of drug-likeness (QED) is 0.161. The van der Waals surface area contributed by atoms with Gasteiger partial charge in [-0.05, 0) is 95.2 Å². The maximum Gasteiger partial charge on any atom is 0.140 e. The van der Waals surface area contributed by atoms with E-state index in [0.29, 0.717) is 0 Å². The Bertz CT molecular complexity index is 4300. The molecule has 1 spiro atoms. The number of para-hydroxylation sites is 1. The first-order valence-electron chi connectivity index (χ1n) is 25.4. The minimum absolute atomic E-state index is 0.229. The summed E-state index contributed by atoms with van der Waals surface area (Å²) in [7, 11) is 0. The predicted octanol–water partition coefficient (Wildman–Crippen LogP) is 17.9. The zero-order chi connectivity index (χ0) is 47.8. The van der Waals surface area contributed by atoms with Gasteiger partial charge in [0.25, 0.3) is 0 Å². The standard InChI is InChI=1S/C71H44O2/c1-3-21-47(22-4-1)70(48-23-5-2-6-24-48)57-32-14-11-28-53(57)66-55(30-17-34-59(66)70)65(46-37-40-52-51-27-13-16-36-63(51)72-64(52)43-46)56-31-18-35-60-67(56)54-29-12-15-33-58(54)71(60)61-41-38-44-19-7-9-25-49(44)68(61)73-69-50-26-10-8-20-45(50)39-42-62(69)71/h1-43,65H. The molecule has 3 aliphatic rings. The van der Waals surface area contributed by atoms with Crippen molar-refractivity contribution in [3.63, 3.8) is 0 Å². The van der Waals surface area contributed by atoms with Gasteiger partial charge in [0.1, 0.15) is 22.7 Å². The van der Waals surface area contributed by atoms with Crippen molar-refractivity contribution in [2.24, 2.45) is 0 Å². The van der Waals surface area contributed by atoms with Crippen molar-refractivity contribution in [2.45, 2.75) is 16.7 Å². The van der Waals surface area contributed by atoms with Crippen molar-refractivity contribution in [3.05, 3.63) is 322 Å². The van der Waals surface area contributed by atoms with Crippen molar-refractivity contribution in [2.75, 3.05) is 0 Å². The van der Waals surface area contributed by atoms with Crippen LogP contribution in [0.5, 0.6) is 11.5 Å². The van der Waals surface area contributed by atoms with Crippen LogP contribution in [0.3, 0.4) is 0 Å². The molecule has 2 nitrogen and oxygen atoms in total. The molecule has 0 saturated carbocycles. The Morgan fingerprint density at radius 2 is 0.767 bits per heavy atom. The molecule has 0 amide bonds. The van der Waals surface area contributed by atoms with Gasteiger partial charge in [-0.1, -0.05) is 249 Å². The fourth-order valence-electron chi connectivity index (χ4n) is 13.9. The molecule has 0 saturated heterocycles. The summed E-state index contributed by atoms with van der Waals surface area (Å²) in [5.74, 6) is 1.60. The molecule has 16 rings (SSSR count). The summed E-state index contributed by atoms with van der Waals surface area (Å²) in [6.45, 7) is 0. The van der Waals surface area contributed by atoms with Crippen LogP contribution in [-0.2, 0) is 10.8 Å². The van der Waals surface area contributed by atoms with Gasteiger partial charge in [-0.2, -0.15) is 0 Å². The Labute approximate surface area is 423 Å². The number of ether oxygens (including phenoxy) is 1. The van der Waals surface area contributed by atoms with E-state index in [-0.39, 0.29) is 5.92 Å². The second-order valence-electron chi connectivity index (χ2n) is 20.1. The Morgan fingerprint density at radius 1 is 0.301 bits per heavy atom. The van der Waals surface area contributed by atoms with Crippen LogP contribution in [0.4, 0.5) is 0 Å². The molecule has 0 fully saturated rings. The van der Waals surface area contributed by atoms with Gasteiger partial charge >= 0.3 is 0 Å². The number of benzene rings is 12. The van der Waals surface area contributed by atoms with Crippen molar-refractivity contribution in [1.82, 2.24) is 0 Å². The van der Waals surface area contributed by atoms with Gasteiger partial charge in [0.05, 0.1) is 10.8 Å². The molecule has 340 valence electrons. The molecule has 13 aromatic rings. The van der Waals surface area contributed by atoms with Gasteiger partial charge in [-0.3, -0.25) is 0 Å². The molecular formula is C71H44O2. The topological polar surface area (TPSA) is 22.4 Å². The van der Waals surface area contributed by atoms with E-state index in [0.717, 1.165) is 66.1 Å². The highest BCUT2D eigenvalue weighted by molar-refractivity contribution is 6.06. The Hall–Kier alpha value is -9.24. The van der Waals surface area contributed by atoms with Crippen molar-refractivity contribution < 1.29 is 9.15 Å². The number of hydrogen-bond acceptors (Lipinski definition) is 2. The van der Waals surface area contributed by atoms with Crippen LogP contribution in [0.1, 0.15) is 67.1 Å². The van der Waals surface area contributed by atoms with Crippen LogP contribution in [0.2, 0.25) is 0 Å². The van der Waals surface area contributed by atoms with Gasteiger partial charge in [-0.15, -0.1) is 0 Å². The normalized spacial score (nSPS) is 14.6. The highest BCUT2D eigenvalue weighted by atomic mass is 16.5. The zero-order valence-electron chi connectivity index (χ0n) is 39.7. The number of furan rings is 1. The van der Waals surface area contributed by atoms with E-state index < -0.39 is 10.8 Å². The molecule has 12 aromatic carbocycles. The van der Waals surface area contributed by atoms with Gasteiger partial charge in [0.2, 0.25) is 0 Å². The highest BCUT2D eigenvalue weighted by Crippen LogP contribution is 2.66. The van der Waals surface area contributed by atoms with E-state index in [2.05, 4.69) is 261 Å². The van der Waals surface area contributed by atoms with Gasteiger partial charge in [-0.25, -0.2) is 0 Å². The average molecular weight is 929 g/mol. The molecule has 1 aromatic heterocycles. The van der Waals surface area contributed by atoms with Gasteiger partial charge in [0, 0.05) is 38.6 Å². The van der Waals surface area contributed by atoms with Gasteiger partial charge < -0.3 is 9.15 Å². The minimum Gasteiger partial charge on any atom is -0.456 e. The number of rotatable bonds is 5. The third kappa shape index (κ3) is 5.32. The predicted molar refractivity (Wildman–Crippen MR) is 297 cm³/mol. The lowest BCUT2D eigenvalue weighted by atomic mass is 9.65. The van der Waals surface area contributed by atoms with E-state index in [1.165, 1.54) is 72.3 Å². The molecule has 2 aliphatic carbocycles. The number of hydrogen-bond donors (Lipinski definition) is 0. The van der Waals surface area contributed by atoms with Gasteiger partial charge in [0.15, 0.2) is 0 Å². The third-order valence-corrected chi connectivity index (χ3v) is 16.7. The summed E-state index contributed by atoms with van der Waals surface area (Å²) in [5, 5.41) is 6.76. The number of fused-ring (bicyclic) bond motifs is 19. The smallest absolute Gasteiger partial charge is 0.140 e. The largest absolute Gasteiger partial charge is 0.456 e. The van der Waals surface area contributed by atoms with E-state index in [4.69, 9.17) is 9.15 Å². The van der Waals surface area contributed by atoms with Crippen LogP contribution >= 0.6 is 0 Å². The van der Waals surface area contributed by atoms with Crippen LogP contribution in [0.15, 0.2) is 265 Å². The molecule has 1 unspecified atom stereocenters. The van der Waals surface area contributed by atoms with E-state index >= 15 is 0 Å². The maximum absolute atomic E-state index is 7.37. The fourth-order valence-corrected chi connectivity index (χ4v) is 13.9. The molecule has 1 aliphatic heterocycles. The van der Waals surface area contributed by atoms with Crippen LogP contribution in [-0.4, -0.2) is 0 Å². The lowest BCUT2D eigenvalue weighted by molar-refractivity contribution is 0.447. The lowest BCUT2D eigenvalue weighted by Gasteiger charge is -2.40. The molecule has 0 N–H and O–H groups in total. The fraction of sp³-hybridized carbons (Fsp3) is 0.0423. The van der Waals surface area contributed by atoms with Crippen molar-refractivity contribution in [3.8, 4) is 33.8 Å². The van der Waals surface area contributed by atoms with Crippen LogP contribution in [0.25, 0.3) is 65.7 Å². The molecule has 0 radical (unpaired) electrons. The summed E-state index contributed by atoms with van der Waals surface area (Å²) < 4.78 is 14.2. The molecule has 73 heavy (non-hydrogen) atoms. The van der Waals surface area contributed by atoms with Crippen molar-refractivity contribution in [1.29, 1.82) is 0 Å². The summed E-state index contributed by atoms with van der Waals surface area (Å²) in [6, 6.07) is 96.9. The van der Waals surface area contributed by atoms with Crippen LogP contribution in [0, 0.1) is 0 Å². The molecule has 2 heteroatoms. The average Bonchev–Trinajstić information content (AvgIpc) is 4.16. The SMILES string of the molecule is c1ccc(C2(c3ccccc3)c3ccccc3-c3c(C(c4ccc5c(c4)oc4ccccc45)c4cccc5c4-c4ccccc4C54c5ccc6ccccc6c5Oc5c4ccc4ccccc54)cccc32)cc1. The summed E-state index contributed by atoms with van der Waals surface area (Å²) in [6.07, 6.45) is 0. The Morgan fingerprint density at radius 3 is 1.37 bits per heavy atom. The molecular weight excluding hydrogens is 885 g/mol. The molecule has 1 atom stereocenters. The van der Waals surface area contributed by atoms with E-state index in [1.807, 2.05) is 0 Å². The summed E-state index contributed by atoms with van der Waals surface area (Å²) in [5.41, 5.74) is 19.1. The molecule has 2 heterocycles. The second-order valence-corrected chi connectivity index (χ2v) is 20.1. The Kier molecular flexibility index (Phi) is 8.39. The first kappa shape index (κ1) is 40.5. The Balaban J connectivity index is 1.04. The minimum atomic E-state index is -0.701. The summed E-state index contributed by atoms with van der Waals surface area (Å²) >= 11 is 0. The monoisotopic (exact) mass is 928 g/mol. The van der Waals surface area contributed by atoms with E-state index in [1.54, 1.807) is 0 Å². The third-order valence-electron chi connectivity index (χ3n) is 16.7. The van der Waals surface area contributed by atoms with E-state index in [9.17, 15) is 0 Å². The first-order chi connectivity index (χ1) is 36.2. The van der Waals surface area contributed by atoms with Crippen molar-refractivity contribution >= 4 is 43.5 Å². The summed E-state index contributed by atoms with van der Waals surface area (Å²) in [4.78, 5) is 0. The maximum atomic E-state index is 7.37.